The molecule has 13 amide bonds. The molecular formula is C79H129N17O15. The lowest BCUT2D eigenvalue weighted by atomic mass is 9.96. The van der Waals surface area contributed by atoms with Crippen molar-refractivity contribution in [2.75, 3.05) is 39.3 Å². The molecule has 4 saturated heterocycles. The summed E-state index contributed by atoms with van der Waals surface area (Å²) >= 11 is 0. The topological polar surface area (TPSA) is 492 Å². The van der Waals surface area contributed by atoms with E-state index in [1.54, 1.807) is 71.9 Å². The molecule has 0 aliphatic carbocycles. The smallest absolute Gasteiger partial charge is 0.252 e. The lowest BCUT2D eigenvalue weighted by Gasteiger charge is -2.44. The van der Waals surface area contributed by atoms with Crippen LogP contribution in [0, 0.1) is 35.5 Å². The minimum atomic E-state index is -1.32. The number of ether oxygens (including phenoxy) is 2. The third-order valence-corrected chi connectivity index (χ3v) is 19.8. The van der Waals surface area contributed by atoms with Gasteiger partial charge in [-0.3, -0.25) is 62.3 Å². The summed E-state index contributed by atoms with van der Waals surface area (Å²) in [7, 11) is 0. The van der Waals surface area contributed by atoms with E-state index < -0.39 is 185 Å². The molecule has 0 aromatic heterocycles. The fraction of sp³-hybridized carbons (Fsp3) is 0.684. The molecule has 0 unspecified atom stereocenters. The van der Waals surface area contributed by atoms with Crippen LogP contribution in [-0.4, -0.2) is 212 Å². The van der Waals surface area contributed by atoms with Gasteiger partial charge in [-0.15, -0.1) is 0 Å². The van der Waals surface area contributed by atoms with Gasteiger partial charge in [0.25, 0.3) is 5.91 Å². The third kappa shape index (κ3) is 29.7. The van der Waals surface area contributed by atoms with Crippen molar-refractivity contribution in [1.82, 2.24) is 68.7 Å². The molecule has 4 heterocycles. The molecule has 4 fully saturated rings. The molecule has 2 aromatic carbocycles. The molecule has 20 N–H and O–H groups in total. The van der Waals surface area contributed by atoms with Crippen LogP contribution in [0.4, 0.5) is 0 Å². The minimum absolute atomic E-state index is 0.00350. The van der Waals surface area contributed by atoms with E-state index in [0.29, 0.717) is 12.0 Å². The van der Waals surface area contributed by atoms with Gasteiger partial charge in [0.15, 0.2) is 6.10 Å². The molecular weight excluding hydrogens is 1430 g/mol. The minimum Gasteiger partial charge on any atom is -0.367 e. The number of nitrogens with two attached hydrogens (primary N) is 4. The Balaban J connectivity index is 1.58. The molecule has 32 heteroatoms. The van der Waals surface area contributed by atoms with Gasteiger partial charge < -0.3 is 101 Å². The molecule has 0 spiro atoms. The van der Waals surface area contributed by atoms with Crippen molar-refractivity contribution in [2.24, 2.45) is 58.4 Å². The van der Waals surface area contributed by atoms with E-state index in [-0.39, 0.29) is 147 Å². The first-order valence-corrected chi connectivity index (χ1v) is 39.8. The molecule has 2 bridgehead atoms. The summed E-state index contributed by atoms with van der Waals surface area (Å²) in [4.78, 5) is 192. The molecule has 0 saturated carbocycles. The van der Waals surface area contributed by atoms with E-state index >= 15 is 4.79 Å². The number of hydrogen-bond acceptors (Lipinski definition) is 19. The zero-order chi connectivity index (χ0) is 82.2. The average molecular weight is 1560 g/mol. The van der Waals surface area contributed by atoms with Crippen molar-refractivity contribution in [3.63, 3.8) is 0 Å². The number of hydrogen-bond donors (Lipinski definition) is 16. The second kappa shape index (κ2) is 47.0. The number of benzene rings is 2. The van der Waals surface area contributed by atoms with Crippen LogP contribution in [0.2, 0.25) is 0 Å². The Labute approximate surface area is 654 Å². The molecule has 111 heavy (non-hydrogen) atoms. The number of nitrogens with one attached hydrogen (secondary N) is 12. The van der Waals surface area contributed by atoms with Crippen molar-refractivity contribution in [3.8, 4) is 0 Å². The Morgan fingerprint density at radius 3 is 1.12 bits per heavy atom. The third-order valence-electron chi connectivity index (χ3n) is 19.8. The van der Waals surface area contributed by atoms with Crippen LogP contribution in [0.15, 0.2) is 60.7 Å². The van der Waals surface area contributed by atoms with Crippen LogP contribution in [0.5, 0.6) is 0 Å². The maximum atomic E-state index is 15.2. The monoisotopic (exact) mass is 1560 g/mol. The van der Waals surface area contributed by atoms with Crippen LogP contribution >= 0.6 is 0 Å². The second-order valence-electron chi connectivity index (χ2n) is 31.8. The Morgan fingerprint density at radius 2 is 0.730 bits per heavy atom. The highest BCUT2D eigenvalue weighted by molar-refractivity contribution is 6.00. The van der Waals surface area contributed by atoms with Gasteiger partial charge in [-0.05, 0) is 156 Å². The van der Waals surface area contributed by atoms with Gasteiger partial charge in [0.05, 0.1) is 6.61 Å². The summed E-state index contributed by atoms with van der Waals surface area (Å²) in [5.74, 6) is -11.8. The van der Waals surface area contributed by atoms with Crippen molar-refractivity contribution >= 4 is 76.8 Å². The number of amides is 13. The van der Waals surface area contributed by atoms with Crippen LogP contribution in [0.3, 0.4) is 0 Å². The standard InChI is InChI=1S/C79H129N17O15/c1-44(2)38-56-71(101)85-54(30-21-35-82)69(99)93-62(47(7)8)75(105)84-42-61-65(110-43-51-26-17-14-18-27-51)66(111-61)78(108)91-58(40-46(5)6)72(102)86-55(31-22-36-83)70(100)94-63(48(9)10)76(106)87-52(28-19-33-80)68(98)90-57(39-45(3)4)73(103)92-59(41-50-24-15-13-16-25-50)79(109)96-37-23-32-60(96)74(104)95-64(49(11)12)77(107)88-53(29-20-34-81)67(97)89-56/h13-18,24-27,44-49,52-66H,19-23,28-43,80-83H2,1-12H3,(H,84,105)(H,85,101)(H,86,102)(H,87,106)(H,88,107)(H,89,97)(H,90,98)(H,91,108)(H,92,103)(H,93,99)(H,94,100)(H,95,104)/t52-,53-,54+,55-,56-,57-,58-,59+,60-,61+,62-,63-,64-,65+,66+/m0/s1. The number of rotatable bonds is 26. The number of fused-ring (bicyclic) bond motifs is 35. The van der Waals surface area contributed by atoms with Crippen LogP contribution < -0.4 is 86.7 Å². The van der Waals surface area contributed by atoms with E-state index in [4.69, 9.17) is 32.4 Å². The Kier molecular flexibility index (Phi) is 39.3. The summed E-state index contributed by atoms with van der Waals surface area (Å²) in [6, 6.07) is 2.73. The summed E-state index contributed by atoms with van der Waals surface area (Å²) in [6.07, 6.45) is -1.54. The van der Waals surface area contributed by atoms with Gasteiger partial charge in [0.1, 0.15) is 84.7 Å². The Hall–Kier alpha value is -8.69. The highest BCUT2D eigenvalue weighted by Crippen LogP contribution is 2.28. The summed E-state index contributed by atoms with van der Waals surface area (Å²) in [6.45, 7) is 21.5. The first-order valence-electron chi connectivity index (χ1n) is 39.8. The number of nitrogens with zero attached hydrogens (tertiary/aromatic N) is 1. The van der Waals surface area contributed by atoms with Crippen molar-refractivity contribution in [3.05, 3.63) is 71.8 Å². The SMILES string of the molecule is CC(C)C[C@@H]1NC(=O)[C@H](CCCN)NC(=O)[C@H](C(C)C)NC(=O)[C@@H]2CCCN2C(=O)[C@@H](Cc2ccccc2)NC(=O)[C@H](CC(C)C)NC(=O)[C@H](CCCN)NC(=O)[C@H](C(C)C)NC(=O)[C@H](CCCN)NC(=O)[C@H](CC(C)C)NC(=O)[C@@H]2O[C@H](CNC(=O)[C@H](C(C)C)NC(=O)[C@@H](CCCN)NC1=O)[C@H]2OCc1ccccc1. The molecule has 4 aliphatic heterocycles. The van der Waals surface area contributed by atoms with Gasteiger partial charge in [-0.25, -0.2) is 0 Å². The first-order chi connectivity index (χ1) is 52.7. The zero-order valence-corrected chi connectivity index (χ0v) is 67.1. The highest BCUT2D eigenvalue weighted by Gasteiger charge is 2.50. The number of carbonyl (C=O) groups is 13. The van der Waals surface area contributed by atoms with Crippen LogP contribution in [0.25, 0.3) is 0 Å². The van der Waals surface area contributed by atoms with Crippen molar-refractivity contribution in [1.29, 1.82) is 0 Å². The first kappa shape index (κ1) is 92.9. The largest absolute Gasteiger partial charge is 0.367 e. The van der Waals surface area contributed by atoms with E-state index in [9.17, 15) is 57.5 Å². The maximum Gasteiger partial charge on any atom is 0.252 e. The number of carbonyl (C=O) groups excluding carboxylic acids is 13. The summed E-state index contributed by atoms with van der Waals surface area (Å²) < 4.78 is 12.6. The fourth-order valence-electron chi connectivity index (χ4n) is 13.6. The van der Waals surface area contributed by atoms with Gasteiger partial charge in [-0.1, -0.05) is 144 Å². The lowest BCUT2D eigenvalue weighted by molar-refractivity contribution is -0.237. The van der Waals surface area contributed by atoms with E-state index in [2.05, 4.69) is 63.8 Å². The molecule has 0 radical (unpaired) electrons. The van der Waals surface area contributed by atoms with E-state index in [1.807, 2.05) is 71.9 Å². The Bertz CT molecular complexity index is 3370. The molecule has 2 aromatic rings. The van der Waals surface area contributed by atoms with E-state index in [1.165, 1.54) is 4.90 Å². The molecule has 4 aliphatic rings. The van der Waals surface area contributed by atoms with Crippen molar-refractivity contribution in [2.45, 2.75) is 270 Å². The van der Waals surface area contributed by atoms with Gasteiger partial charge in [0, 0.05) is 19.5 Å². The lowest BCUT2D eigenvalue weighted by Crippen LogP contribution is -2.66. The zero-order valence-electron chi connectivity index (χ0n) is 67.1. The molecule has 32 nitrogen and oxygen atoms in total. The average Bonchev–Trinajstić information content (AvgIpc) is 1.42. The fourth-order valence-corrected chi connectivity index (χ4v) is 13.6. The van der Waals surface area contributed by atoms with Crippen molar-refractivity contribution < 1.29 is 71.8 Å². The van der Waals surface area contributed by atoms with Gasteiger partial charge in [0.2, 0.25) is 70.9 Å². The molecule has 15 atom stereocenters. The predicted octanol–water partition coefficient (Wildman–Crippen LogP) is 0.0974. The Morgan fingerprint density at radius 1 is 0.396 bits per heavy atom. The van der Waals surface area contributed by atoms with Crippen LogP contribution in [0.1, 0.15) is 178 Å². The van der Waals surface area contributed by atoms with E-state index in [0.717, 1.165) is 5.56 Å². The normalized spacial score (nSPS) is 27.1. The summed E-state index contributed by atoms with van der Waals surface area (Å²) in [5.41, 5.74) is 25.3. The quantitative estimate of drug-likeness (QED) is 0.0555. The van der Waals surface area contributed by atoms with Gasteiger partial charge in [-0.2, -0.15) is 0 Å². The molecule has 620 valence electrons. The van der Waals surface area contributed by atoms with Gasteiger partial charge >= 0.3 is 0 Å². The predicted molar refractivity (Wildman–Crippen MR) is 419 cm³/mol. The summed E-state index contributed by atoms with van der Waals surface area (Å²) in [5, 5.41) is 33.8. The maximum absolute atomic E-state index is 15.2. The second-order valence-corrected chi connectivity index (χ2v) is 31.8. The molecule has 6 rings (SSSR count). The van der Waals surface area contributed by atoms with Crippen LogP contribution in [-0.2, 0) is 84.8 Å². The highest BCUT2D eigenvalue weighted by atomic mass is 16.6.